The zero-order chi connectivity index (χ0) is 21.3. The van der Waals surface area contributed by atoms with Crippen molar-refractivity contribution in [2.75, 3.05) is 12.4 Å². The molecular formula is C22H27Cl2N3O. The van der Waals surface area contributed by atoms with Crippen LogP contribution in [0.2, 0.25) is 10.0 Å². The van der Waals surface area contributed by atoms with Crippen LogP contribution in [0.4, 0.5) is 5.69 Å². The highest BCUT2D eigenvalue weighted by atomic mass is 35.5. The van der Waals surface area contributed by atoms with E-state index in [1.54, 1.807) is 16.9 Å². The average molecular weight is 420 g/mol. The first-order valence-corrected chi connectivity index (χ1v) is 9.51. The molecule has 0 amide bonds. The van der Waals surface area contributed by atoms with Crippen molar-refractivity contribution in [3.8, 4) is 5.69 Å². The van der Waals surface area contributed by atoms with Crippen LogP contribution in [0.3, 0.4) is 0 Å². The molecule has 0 unspecified atom stereocenters. The predicted molar refractivity (Wildman–Crippen MR) is 120 cm³/mol. The molecule has 3 aromatic rings. The number of nitrogens with zero attached hydrogens (tertiary/aromatic N) is 2. The summed E-state index contributed by atoms with van der Waals surface area (Å²) < 4.78 is 1.68. The van der Waals surface area contributed by atoms with Crippen LogP contribution in [0.1, 0.15) is 31.9 Å². The van der Waals surface area contributed by atoms with Crippen molar-refractivity contribution in [3.63, 3.8) is 0 Å². The summed E-state index contributed by atoms with van der Waals surface area (Å²) in [5, 5.41) is 8.19. The van der Waals surface area contributed by atoms with Gasteiger partial charge in [0.1, 0.15) is 12.5 Å². The molecular weight excluding hydrogens is 393 g/mol. The summed E-state index contributed by atoms with van der Waals surface area (Å²) in [5.74, 6) is 0. The summed E-state index contributed by atoms with van der Waals surface area (Å²) in [7, 11) is 1.83. The van der Waals surface area contributed by atoms with E-state index in [0.717, 1.165) is 11.4 Å². The molecule has 3 rings (SSSR count). The third-order valence-electron chi connectivity index (χ3n) is 3.99. The van der Waals surface area contributed by atoms with E-state index >= 15 is 0 Å². The van der Waals surface area contributed by atoms with Gasteiger partial charge >= 0.3 is 0 Å². The van der Waals surface area contributed by atoms with E-state index in [1.807, 2.05) is 32.2 Å². The van der Waals surface area contributed by atoms with Gasteiger partial charge in [0.2, 0.25) is 0 Å². The van der Waals surface area contributed by atoms with Gasteiger partial charge in [0.05, 0.1) is 15.7 Å². The van der Waals surface area contributed by atoms with E-state index in [9.17, 15) is 0 Å². The Hall–Kier alpha value is -2.30. The first-order chi connectivity index (χ1) is 13.2. The maximum atomic E-state index is 8.00. The zero-order valence-corrected chi connectivity index (χ0v) is 18.5. The van der Waals surface area contributed by atoms with Crippen molar-refractivity contribution in [2.45, 2.75) is 33.1 Å². The van der Waals surface area contributed by atoms with E-state index in [4.69, 9.17) is 28.0 Å². The Kier molecular flexibility index (Phi) is 9.23. The number of rotatable bonds is 2. The van der Waals surface area contributed by atoms with Crippen LogP contribution in [-0.4, -0.2) is 23.6 Å². The number of hydrogen-bond donors (Lipinski definition) is 1. The van der Waals surface area contributed by atoms with Gasteiger partial charge in [-0.25, -0.2) is 4.68 Å². The van der Waals surface area contributed by atoms with Crippen LogP contribution < -0.4 is 5.32 Å². The van der Waals surface area contributed by atoms with Gasteiger partial charge in [-0.15, -0.1) is 0 Å². The molecule has 0 atom stereocenters. The van der Waals surface area contributed by atoms with Gasteiger partial charge in [0.25, 0.3) is 0 Å². The lowest BCUT2D eigenvalue weighted by atomic mass is 9.87. The molecule has 0 bridgehead atoms. The fraction of sp³-hybridized carbons (Fsp3) is 0.273. The highest BCUT2D eigenvalue weighted by Gasteiger charge is 2.12. The van der Waals surface area contributed by atoms with E-state index < -0.39 is 0 Å². The maximum absolute atomic E-state index is 8.00. The maximum Gasteiger partial charge on any atom is 0.108 e. The Morgan fingerprint density at radius 2 is 1.64 bits per heavy atom. The zero-order valence-electron chi connectivity index (χ0n) is 17.0. The first kappa shape index (κ1) is 23.7. The quantitative estimate of drug-likeness (QED) is 0.527. The topological polar surface area (TPSA) is 46.9 Å². The Balaban J connectivity index is 0.000000268. The molecule has 0 radical (unpaired) electrons. The SMILES string of the molecule is C=O.CNc1ccc(Cl)c(Cl)c1-n1cccn1.Cc1ccc(C(C)(C)C)cc1. The van der Waals surface area contributed by atoms with Crippen LogP contribution in [-0.2, 0) is 10.2 Å². The molecule has 2 aromatic carbocycles. The Bertz CT molecular complexity index is 855. The number of anilines is 1. The number of benzene rings is 2. The molecule has 0 fully saturated rings. The Morgan fingerprint density at radius 1 is 1.04 bits per heavy atom. The molecule has 1 heterocycles. The monoisotopic (exact) mass is 419 g/mol. The van der Waals surface area contributed by atoms with E-state index in [2.05, 4.69) is 62.4 Å². The van der Waals surface area contributed by atoms with Crippen molar-refractivity contribution in [1.29, 1.82) is 0 Å². The number of halogens is 2. The summed E-state index contributed by atoms with van der Waals surface area (Å²) in [6, 6.07) is 14.2. The van der Waals surface area contributed by atoms with Crippen molar-refractivity contribution in [2.24, 2.45) is 0 Å². The van der Waals surface area contributed by atoms with Crippen molar-refractivity contribution in [1.82, 2.24) is 9.78 Å². The fourth-order valence-corrected chi connectivity index (χ4v) is 2.82. The molecule has 1 aromatic heterocycles. The fourth-order valence-electron chi connectivity index (χ4n) is 2.42. The minimum atomic E-state index is 0.285. The second-order valence-electron chi connectivity index (χ2n) is 7.07. The highest BCUT2D eigenvalue weighted by molar-refractivity contribution is 6.43. The molecule has 1 N–H and O–H groups in total. The van der Waals surface area contributed by atoms with Gasteiger partial charge in [0.15, 0.2) is 0 Å². The van der Waals surface area contributed by atoms with E-state index in [1.165, 1.54) is 11.1 Å². The molecule has 4 nitrogen and oxygen atoms in total. The first-order valence-electron chi connectivity index (χ1n) is 8.76. The Labute approximate surface area is 177 Å². The normalized spacial score (nSPS) is 10.2. The molecule has 0 aliphatic heterocycles. The summed E-state index contributed by atoms with van der Waals surface area (Å²) >= 11 is 12.1. The molecule has 0 saturated carbocycles. The number of carbonyl (C=O) groups excluding carboxylic acids is 1. The van der Waals surface area contributed by atoms with Crippen molar-refractivity contribution in [3.05, 3.63) is 76.0 Å². The number of aromatic nitrogens is 2. The molecule has 0 saturated heterocycles. The lowest BCUT2D eigenvalue weighted by Gasteiger charge is -2.18. The van der Waals surface area contributed by atoms with Crippen LogP contribution in [0, 0.1) is 6.92 Å². The lowest BCUT2D eigenvalue weighted by molar-refractivity contribution is -0.0979. The molecule has 0 aliphatic carbocycles. The Morgan fingerprint density at radius 3 is 2.11 bits per heavy atom. The minimum absolute atomic E-state index is 0.285. The lowest BCUT2D eigenvalue weighted by Crippen LogP contribution is -2.10. The van der Waals surface area contributed by atoms with Crippen molar-refractivity contribution >= 4 is 35.7 Å². The van der Waals surface area contributed by atoms with Crippen molar-refractivity contribution < 1.29 is 4.79 Å². The number of carbonyl (C=O) groups is 1. The molecule has 0 aliphatic rings. The number of hydrogen-bond acceptors (Lipinski definition) is 3. The van der Waals surface area contributed by atoms with E-state index in [-0.39, 0.29) is 5.41 Å². The smallest absolute Gasteiger partial charge is 0.108 e. The molecule has 6 heteroatoms. The van der Waals surface area contributed by atoms with Crippen LogP contribution in [0.15, 0.2) is 54.9 Å². The largest absolute Gasteiger partial charge is 0.386 e. The van der Waals surface area contributed by atoms with Gasteiger partial charge in [-0.2, -0.15) is 5.10 Å². The predicted octanol–water partition coefficient (Wildman–Crippen LogP) is 6.33. The summed E-state index contributed by atoms with van der Waals surface area (Å²) in [5.41, 5.74) is 4.67. The summed E-state index contributed by atoms with van der Waals surface area (Å²) in [4.78, 5) is 8.00. The third kappa shape index (κ3) is 6.39. The second-order valence-corrected chi connectivity index (χ2v) is 7.86. The standard InChI is InChI=1S/C11H16.C10H9Cl2N3.CH2O/c1-9-5-7-10(8-6-9)11(2,3)4;1-13-8-4-3-7(11)9(12)10(8)15-6-2-5-14-15;1-2/h5-8H,1-4H3;2-6,13H,1H3;1H2. The van der Waals surface area contributed by atoms with Gasteiger partial charge in [-0.1, -0.05) is 73.8 Å². The molecule has 0 spiro atoms. The highest BCUT2D eigenvalue weighted by Crippen LogP contribution is 2.33. The van der Waals surface area contributed by atoms with Crippen LogP contribution >= 0.6 is 23.2 Å². The minimum Gasteiger partial charge on any atom is -0.386 e. The molecule has 150 valence electrons. The van der Waals surface area contributed by atoms with E-state index in [0.29, 0.717) is 10.0 Å². The number of aryl methyl sites for hydroxylation is 1. The van der Waals surface area contributed by atoms with Crippen LogP contribution in [0.25, 0.3) is 5.69 Å². The van der Waals surface area contributed by atoms with Gasteiger partial charge in [0, 0.05) is 19.4 Å². The van der Waals surface area contributed by atoms with Gasteiger partial charge < -0.3 is 10.1 Å². The summed E-state index contributed by atoms with van der Waals surface area (Å²) in [6.07, 6.45) is 3.51. The average Bonchev–Trinajstić information content (AvgIpc) is 3.20. The van der Waals surface area contributed by atoms with Gasteiger partial charge in [-0.05, 0) is 36.1 Å². The second kappa shape index (κ2) is 10.9. The third-order valence-corrected chi connectivity index (χ3v) is 4.78. The summed E-state index contributed by atoms with van der Waals surface area (Å²) in [6.45, 7) is 10.8. The molecule has 28 heavy (non-hydrogen) atoms. The number of nitrogens with one attached hydrogen (secondary N) is 1. The van der Waals surface area contributed by atoms with Gasteiger partial charge in [-0.3, -0.25) is 0 Å². The van der Waals surface area contributed by atoms with Crippen LogP contribution in [0.5, 0.6) is 0 Å².